The van der Waals surface area contributed by atoms with Crippen LogP contribution in [0.1, 0.15) is 24.1 Å². The van der Waals surface area contributed by atoms with Crippen molar-refractivity contribution in [1.82, 2.24) is 24.6 Å². The van der Waals surface area contributed by atoms with Crippen molar-refractivity contribution in [2.75, 3.05) is 13.1 Å². The highest BCUT2D eigenvalue weighted by Crippen LogP contribution is 2.18. The molecule has 130 valence electrons. The van der Waals surface area contributed by atoms with E-state index in [1.54, 1.807) is 15.2 Å². The fourth-order valence-corrected chi connectivity index (χ4v) is 4.50. The molecule has 0 bridgehead atoms. The molecule has 8 heteroatoms. The molecule has 1 aliphatic heterocycles. The predicted molar refractivity (Wildman–Crippen MR) is 91.5 cm³/mol. The first-order chi connectivity index (χ1) is 11.5. The van der Waals surface area contributed by atoms with Crippen LogP contribution in [0.3, 0.4) is 0 Å². The van der Waals surface area contributed by atoms with E-state index < -0.39 is 10.0 Å². The van der Waals surface area contributed by atoms with Gasteiger partial charge in [-0.05, 0) is 18.4 Å². The Morgan fingerprint density at radius 2 is 1.92 bits per heavy atom. The number of nitrogens with zero attached hydrogens (tertiary/aromatic N) is 4. The summed E-state index contributed by atoms with van der Waals surface area (Å²) in [4.78, 5) is 0. The summed E-state index contributed by atoms with van der Waals surface area (Å²) >= 11 is 0. The van der Waals surface area contributed by atoms with Crippen molar-refractivity contribution in [3.05, 3.63) is 47.8 Å². The number of hydrogen-bond acceptors (Lipinski definition) is 5. The maximum Gasteiger partial charge on any atom is 0.218 e. The Hall–Kier alpha value is -1.77. The zero-order valence-electron chi connectivity index (χ0n) is 13.8. The van der Waals surface area contributed by atoms with Crippen LogP contribution in [0, 0.1) is 0 Å². The van der Waals surface area contributed by atoms with Crippen LogP contribution in [0.5, 0.6) is 0 Å². The third-order valence-electron chi connectivity index (χ3n) is 4.42. The van der Waals surface area contributed by atoms with Gasteiger partial charge < -0.3 is 5.32 Å². The maximum absolute atomic E-state index is 12.5. The van der Waals surface area contributed by atoms with E-state index in [1.165, 1.54) is 0 Å². The molecule has 7 nitrogen and oxygen atoms in total. The molecule has 0 spiro atoms. The molecule has 0 unspecified atom stereocenters. The van der Waals surface area contributed by atoms with Crippen molar-refractivity contribution in [2.24, 2.45) is 7.05 Å². The average molecular weight is 349 g/mol. The first-order valence-corrected chi connectivity index (χ1v) is 9.74. The van der Waals surface area contributed by atoms with E-state index in [0.717, 1.165) is 24.1 Å². The van der Waals surface area contributed by atoms with Gasteiger partial charge in [-0.2, -0.15) is 0 Å². The normalized spacial score (nSPS) is 17.2. The Balaban J connectivity index is 1.50. The van der Waals surface area contributed by atoms with Crippen molar-refractivity contribution in [3.63, 3.8) is 0 Å². The third kappa shape index (κ3) is 4.19. The van der Waals surface area contributed by atoms with Crippen LogP contribution >= 0.6 is 0 Å². The van der Waals surface area contributed by atoms with Crippen molar-refractivity contribution < 1.29 is 8.42 Å². The summed E-state index contributed by atoms with van der Waals surface area (Å²) in [6, 6.07) is 9.66. The van der Waals surface area contributed by atoms with Crippen LogP contribution in [0.4, 0.5) is 0 Å². The summed E-state index contributed by atoms with van der Waals surface area (Å²) in [5, 5.41) is 11.2. The van der Waals surface area contributed by atoms with Crippen molar-refractivity contribution in [3.8, 4) is 0 Å². The lowest BCUT2D eigenvalue weighted by Gasteiger charge is -2.31. The number of piperidine rings is 1. The van der Waals surface area contributed by atoms with E-state index in [0.29, 0.717) is 25.7 Å². The summed E-state index contributed by atoms with van der Waals surface area (Å²) in [5.41, 5.74) is 1.86. The van der Waals surface area contributed by atoms with Gasteiger partial charge in [-0.25, -0.2) is 12.7 Å². The molecule has 1 fully saturated rings. The van der Waals surface area contributed by atoms with E-state index in [-0.39, 0.29) is 5.75 Å². The lowest BCUT2D eigenvalue weighted by atomic mass is 10.1. The van der Waals surface area contributed by atoms with Crippen LogP contribution in [-0.4, -0.2) is 46.8 Å². The van der Waals surface area contributed by atoms with Crippen molar-refractivity contribution in [2.45, 2.75) is 31.2 Å². The molecule has 1 aromatic heterocycles. The number of rotatable bonds is 6. The average Bonchev–Trinajstić information content (AvgIpc) is 2.99. The molecule has 2 heterocycles. The molecule has 0 aliphatic carbocycles. The summed E-state index contributed by atoms with van der Waals surface area (Å²) < 4.78 is 28.4. The second-order valence-electron chi connectivity index (χ2n) is 6.15. The van der Waals surface area contributed by atoms with Crippen LogP contribution in [0.25, 0.3) is 0 Å². The topological polar surface area (TPSA) is 80.1 Å². The van der Waals surface area contributed by atoms with E-state index in [1.807, 2.05) is 37.4 Å². The number of nitrogens with one attached hydrogen (secondary N) is 1. The molecule has 0 radical (unpaired) electrons. The Labute approximate surface area is 142 Å². The van der Waals surface area contributed by atoms with Gasteiger partial charge in [0.05, 0.1) is 17.6 Å². The highest BCUT2D eigenvalue weighted by molar-refractivity contribution is 7.88. The zero-order chi connectivity index (χ0) is 17.0. The SMILES string of the molecule is Cn1nncc1CNC1CCN(S(=O)(=O)Cc2ccccc2)CC1. The lowest BCUT2D eigenvalue weighted by Crippen LogP contribution is -2.45. The van der Waals surface area contributed by atoms with E-state index in [2.05, 4.69) is 15.6 Å². The standard InChI is InChI=1S/C16H23N5O2S/c1-20-16(12-18-19-20)11-17-15-7-9-21(10-8-15)24(22,23)13-14-5-3-2-4-6-14/h2-6,12,15,17H,7-11,13H2,1H3. The molecule has 1 aliphatic rings. The minimum Gasteiger partial charge on any atom is -0.308 e. The largest absolute Gasteiger partial charge is 0.308 e. The molecule has 1 saturated heterocycles. The van der Waals surface area contributed by atoms with Crippen LogP contribution < -0.4 is 5.32 Å². The van der Waals surface area contributed by atoms with Gasteiger partial charge in [-0.15, -0.1) is 5.10 Å². The van der Waals surface area contributed by atoms with Crippen LogP contribution in [-0.2, 0) is 29.4 Å². The number of hydrogen-bond donors (Lipinski definition) is 1. The molecule has 0 atom stereocenters. The van der Waals surface area contributed by atoms with Gasteiger partial charge in [0.2, 0.25) is 10.0 Å². The molecule has 24 heavy (non-hydrogen) atoms. The summed E-state index contributed by atoms with van der Waals surface area (Å²) in [6.45, 7) is 1.83. The zero-order valence-corrected chi connectivity index (χ0v) is 14.6. The van der Waals surface area contributed by atoms with E-state index in [4.69, 9.17) is 0 Å². The highest BCUT2D eigenvalue weighted by Gasteiger charge is 2.27. The Morgan fingerprint density at radius 3 is 2.54 bits per heavy atom. The molecule has 3 rings (SSSR count). The van der Waals surface area contributed by atoms with Crippen LogP contribution in [0.2, 0.25) is 0 Å². The predicted octanol–water partition coefficient (Wildman–Crippen LogP) is 0.899. The number of sulfonamides is 1. The summed E-state index contributed by atoms with van der Waals surface area (Å²) in [5.74, 6) is 0.0760. The summed E-state index contributed by atoms with van der Waals surface area (Å²) in [6.07, 6.45) is 3.38. The smallest absolute Gasteiger partial charge is 0.218 e. The van der Waals surface area contributed by atoms with Gasteiger partial charge in [0.25, 0.3) is 0 Å². The fraction of sp³-hybridized carbons (Fsp3) is 0.500. The van der Waals surface area contributed by atoms with Gasteiger partial charge in [0, 0.05) is 32.7 Å². The van der Waals surface area contributed by atoms with E-state index in [9.17, 15) is 8.42 Å². The molecule has 1 aromatic carbocycles. The highest BCUT2D eigenvalue weighted by atomic mass is 32.2. The maximum atomic E-state index is 12.5. The molecular weight excluding hydrogens is 326 g/mol. The van der Waals surface area contributed by atoms with Crippen molar-refractivity contribution in [1.29, 1.82) is 0 Å². The second kappa shape index (κ2) is 7.42. The fourth-order valence-electron chi connectivity index (χ4n) is 2.93. The van der Waals surface area contributed by atoms with Gasteiger partial charge in [-0.3, -0.25) is 4.68 Å². The van der Waals surface area contributed by atoms with Crippen LogP contribution in [0.15, 0.2) is 36.5 Å². The second-order valence-corrected chi connectivity index (χ2v) is 8.11. The summed E-state index contributed by atoms with van der Waals surface area (Å²) in [7, 11) is -1.38. The molecule has 1 N–H and O–H groups in total. The van der Waals surface area contributed by atoms with Gasteiger partial charge >= 0.3 is 0 Å². The number of aryl methyl sites for hydroxylation is 1. The monoisotopic (exact) mass is 349 g/mol. The quantitative estimate of drug-likeness (QED) is 0.838. The number of benzene rings is 1. The molecule has 2 aromatic rings. The van der Waals surface area contributed by atoms with Gasteiger partial charge in [-0.1, -0.05) is 35.5 Å². The Kier molecular flexibility index (Phi) is 5.27. The first-order valence-electron chi connectivity index (χ1n) is 8.13. The molecule has 0 amide bonds. The molecular formula is C16H23N5O2S. The van der Waals surface area contributed by atoms with Crippen molar-refractivity contribution >= 4 is 10.0 Å². The molecule has 0 saturated carbocycles. The van der Waals surface area contributed by atoms with E-state index >= 15 is 0 Å². The Morgan fingerprint density at radius 1 is 1.21 bits per heavy atom. The van der Waals surface area contributed by atoms with Gasteiger partial charge in [0.1, 0.15) is 0 Å². The van der Waals surface area contributed by atoms with Gasteiger partial charge in [0.15, 0.2) is 0 Å². The lowest BCUT2D eigenvalue weighted by molar-refractivity contribution is 0.287. The number of aromatic nitrogens is 3. The first kappa shape index (κ1) is 17.1. The minimum absolute atomic E-state index is 0.0760. The Bertz CT molecular complexity index is 752. The third-order valence-corrected chi connectivity index (χ3v) is 6.27. The minimum atomic E-state index is -3.24.